The second-order valence-corrected chi connectivity index (χ2v) is 7.72. The first-order chi connectivity index (χ1) is 13.0. The number of likely N-dealkylation sites (tertiary alicyclic amines) is 1. The molecule has 1 amide bonds. The summed E-state index contributed by atoms with van der Waals surface area (Å²) >= 11 is 0. The average molecular weight is 370 g/mol. The van der Waals surface area contributed by atoms with E-state index in [1.807, 2.05) is 38.1 Å². The van der Waals surface area contributed by atoms with Gasteiger partial charge in [0.1, 0.15) is 5.56 Å². The number of hydrogen-bond acceptors (Lipinski definition) is 4. The number of amides is 1. The molecular formula is C21H26N2O4. The minimum absolute atomic E-state index is 0.0700. The third-order valence-electron chi connectivity index (χ3n) is 6.49. The van der Waals surface area contributed by atoms with Crippen molar-refractivity contribution < 1.29 is 14.6 Å². The predicted octanol–water partition coefficient (Wildman–Crippen LogP) is 2.23. The summed E-state index contributed by atoms with van der Waals surface area (Å²) in [5.74, 6) is -0.226. The number of aromatic amines is 1. The first kappa shape index (κ1) is 18.2. The number of pyridine rings is 1. The van der Waals surface area contributed by atoms with Crippen molar-refractivity contribution in [2.24, 2.45) is 5.41 Å². The van der Waals surface area contributed by atoms with Gasteiger partial charge in [-0.15, -0.1) is 0 Å². The van der Waals surface area contributed by atoms with Crippen LogP contribution in [0.1, 0.15) is 42.1 Å². The predicted molar refractivity (Wildman–Crippen MR) is 103 cm³/mol. The van der Waals surface area contributed by atoms with Crippen LogP contribution in [0.5, 0.6) is 0 Å². The summed E-state index contributed by atoms with van der Waals surface area (Å²) in [6.07, 6.45) is 1.78. The van der Waals surface area contributed by atoms with Gasteiger partial charge in [0, 0.05) is 42.4 Å². The number of fused-ring (bicyclic) bond motifs is 1. The number of nitrogens with one attached hydrogen (secondary N) is 1. The number of hydrogen-bond donors (Lipinski definition) is 2. The summed E-state index contributed by atoms with van der Waals surface area (Å²) in [7, 11) is 0. The molecule has 4 rings (SSSR count). The van der Waals surface area contributed by atoms with E-state index in [1.54, 1.807) is 4.90 Å². The highest BCUT2D eigenvalue weighted by Crippen LogP contribution is 2.51. The maximum Gasteiger partial charge on any atom is 0.261 e. The van der Waals surface area contributed by atoms with Crippen molar-refractivity contribution in [3.63, 3.8) is 0 Å². The van der Waals surface area contributed by atoms with Crippen LogP contribution in [0.25, 0.3) is 10.9 Å². The molecule has 2 aliphatic rings. The fourth-order valence-corrected chi connectivity index (χ4v) is 4.77. The van der Waals surface area contributed by atoms with Gasteiger partial charge in [-0.25, -0.2) is 0 Å². The van der Waals surface area contributed by atoms with Crippen LogP contribution < -0.4 is 5.56 Å². The van der Waals surface area contributed by atoms with E-state index in [4.69, 9.17) is 4.74 Å². The number of H-pyrrole nitrogens is 1. The Kier molecular flexibility index (Phi) is 4.56. The number of aliphatic hydroxyl groups excluding tert-OH is 1. The number of ether oxygens (including phenoxy) is 1. The van der Waals surface area contributed by atoms with E-state index in [9.17, 15) is 14.7 Å². The Morgan fingerprint density at radius 1 is 1.33 bits per heavy atom. The second kappa shape index (κ2) is 6.77. The number of piperidine rings is 1. The zero-order valence-corrected chi connectivity index (χ0v) is 15.8. The average Bonchev–Trinajstić information content (AvgIpc) is 2.68. The van der Waals surface area contributed by atoms with Gasteiger partial charge >= 0.3 is 0 Å². The lowest BCUT2D eigenvalue weighted by atomic mass is 9.58. The Morgan fingerprint density at radius 2 is 2.04 bits per heavy atom. The molecule has 6 heteroatoms. The Bertz CT molecular complexity index is 925. The first-order valence-electron chi connectivity index (χ1n) is 9.68. The summed E-state index contributed by atoms with van der Waals surface area (Å²) in [6, 6.07) is 7.52. The summed E-state index contributed by atoms with van der Waals surface area (Å²) in [5, 5.41) is 11.2. The topological polar surface area (TPSA) is 82.6 Å². The Morgan fingerprint density at radius 3 is 2.70 bits per heavy atom. The summed E-state index contributed by atoms with van der Waals surface area (Å²) in [5.41, 5.74) is 1.10. The minimum atomic E-state index is -0.364. The van der Waals surface area contributed by atoms with Crippen molar-refractivity contribution in [2.45, 2.75) is 45.3 Å². The molecule has 27 heavy (non-hydrogen) atoms. The number of benzene rings is 1. The van der Waals surface area contributed by atoms with Crippen molar-refractivity contribution in [3.05, 3.63) is 45.7 Å². The van der Waals surface area contributed by atoms with Crippen LogP contribution in [-0.2, 0) is 4.74 Å². The van der Waals surface area contributed by atoms with Crippen LogP contribution >= 0.6 is 0 Å². The van der Waals surface area contributed by atoms with Crippen LogP contribution in [0.2, 0.25) is 0 Å². The van der Waals surface area contributed by atoms with Gasteiger partial charge in [-0.1, -0.05) is 18.2 Å². The van der Waals surface area contributed by atoms with E-state index in [0.29, 0.717) is 39.0 Å². The largest absolute Gasteiger partial charge is 0.392 e. The summed E-state index contributed by atoms with van der Waals surface area (Å²) in [4.78, 5) is 30.2. The zero-order chi connectivity index (χ0) is 19.2. The normalized spacial score (nSPS) is 24.2. The third kappa shape index (κ3) is 2.78. The van der Waals surface area contributed by atoms with Crippen molar-refractivity contribution in [3.8, 4) is 0 Å². The van der Waals surface area contributed by atoms with Crippen molar-refractivity contribution in [2.75, 3.05) is 19.7 Å². The molecule has 0 bridgehead atoms. The van der Waals surface area contributed by atoms with Crippen molar-refractivity contribution in [1.82, 2.24) is 9.88 Å². The minimum Gasteiger partial charge on any atom is -0.392 e. The van der Waals surface area contributed by atoms with E-state index in [0.717, 1.165) is 16.5 Å². The zero-order valence-electron chi connectivity index (χ0n) is 15.8. The molecule has 2 heterocycles. The van der Waals surface area contributed by atoms with Gasteiger partial charge in [0.2, 0.25) is 0 Å². The van der Waals surface area contributed by atoms with Gasteiger partial charge in [0.05, 0.1) is 12.2 Å². The monoisotopic (exact) mass is 370 g/mol. The fraction of sp³-hybridized carbons (Fsp3) is 0.524. The molecule has 144 valence electrons. The SMILES string of the molecule is CCO[C@H]1C[C@@H](O)C12CCN(C(=O)c1c(C)c3ccccc3[nH]c1=O)CC2. The number of carbonyl (C=O) groups excluding carboxylic acids is 1. The maximum absolute atomic E-state index is 13.1. The number of aliphatic hydroxyl groups is 1. The molecule has 0 radical (unpaired) electrons. The highest BCUT2D eigenvalue weighted by Gasteiger charge is 2.56. The number of para-hydroxylation sites is 1. The molecule has 2 N–H and O–H groups in total. The Balaban J connectivity index is 1.57. The Labute approximate surface area is 158 Å². The number of aromatic nitrogens is 1. The smallest absolute Gasteiger partial charge is 0.261 e. The van der Waals surface area contributed by atoms with Crippen LogP contribution in [0.3, 0.4) is 0 Å². The lowest BCUT2D eigenvalue weighted by Crippen LogP contribution is -2.62. The van der Waals surface area contributed by atoms with Gasteiger partial charge in [0.25, 0.3) is 11.5 Å². The van der Waals surface area contributed by atoms with Crippen LogP contribution in [0.4, 0.5) is 0 Å². The quantitative estimate of drug-likeness (QED) is 0.868. The molecule has 1 saturated heterocycles. The van der Waals surface area contributed by atoms with Crippen molar-refractivity contribution >= 4 is 16.8 Å². The maximum atomic E-state index is 13.1. The highest BCUT2D eigenvalue weighted by molar-refractivity contribution is 5.99. The molecule has 1 aliphatic carbocycles. The van der Waals surface area contributed by atoms with E-state index in [-0.39, 0.29) is 34.7 Å². The molecule has 0 unspecified atom stereocenters. The van der Waals surface area contributed by atoms with Gasteiger partial charge in [-0.2, -0.15) is 0 Å². The molecular weight excluding hydrogens is 344 g/mol. The molecule has 1 aromatic carbocycles. The molecule has 2 fully saturated rings. The summed E-state index contributed by atoms with van der Waals surface area (Å²) < 4.78 is 5.79. The van der Waals surface area contributed by atoms with E-state index < -0.39 is 0 Å². The first-order valence-corrected chi connectivity index (χ1v) is 9.68. The number of rotatable bonds is 3. The van der Waals surface area contributed by atoms with E-state index in [2.05, 4.69) is 4.98 Å². The molecule has 2 aromatic rings. The highest BCUT2D eigenvalue weighted by atomic mass is 16.5. The fourth-order valence-electron chi connectivity index (χ4n) is 4.77. The van der Waals surface area contributed by atoms with Crippen LogP contribution in [0.15, 0.2) is 29.1 Å². The molecule has 1 saturated carbocycles. The number of carbonyl (C=O) groups is 1. The van der Waals surface area contributed by atoms with Crippen LogP contribution in [-0.4, -0.2) is 52.8 Å². The molecule has 1 spiro atoms. The van der Waals surface area contributed by atoms with Gasteiger partial charge in [-0.05, 0) is 38.3 Å². The lowest BCUT2D eigenvalue weighted by molar-refractivity contribution is -0.207. The molecule has 2 atom stereocenters. The molecule has 1 aliphatic heterocycles. The lowest BCUT2D eigenvalue weighted by Gasteiger charge is -2.56. The second-order valence-electron chi connectivity index (χ2n) is 7.72. The van der Waals surface area contributed by atoms with Gasteiger partial charge in [-0.3, -0.25) is 9.59 Å². The van der Waals surface area contributed by atoms with Crippen molar-refractivity contribution in [1.29, 1.82) is 0 Å². The standard InChI is InChI=1S/C21H26N2O4/c1-3-27-17-12-16(24)21(17)8-10-23(11-9-21)20(26)18-13(2)14-6-4-5-7-15(14)22-19(18)25/h4-7,16-17,24H,3,8-12H2,1-2H3,(H,22,25)/t16-,17+/m1/s1. The van der Waals surface area contributed by atoms with Gasteiger partial charge in [0.15, 0.2) is 0 Å². The molecule has 6 nitrogen and oxygen atoms in total. The number of nitrogens with zero attached hydrogens (tertiary/aromatic N) is 1. The van der Waals surface area contributed by atoms with E-state index in [1.165, 1.54) is 0 Å². The third-order valence-corrected chi connectivity index (χ3v) is 6.49. The van der Waals surface area contributed by atoms with E-state index >= 15 is 0 Å². The van der Waals surface area contributed by atoms with Crippen LogP contribution in [0, 0.1) is 12.3 Å². The van der Waals surface area contributed by atoms with Gasteiger partial charge < -0.3 is 19.7 Å². The Hall–Kier alpha value is -2.18. The number of aryl methyl sites for hydroxylation is 1. The molecule has 1 aromatic heterocycles. The summed E-state index contributed by atoms with van der Waals surface area (Å²) in [6.45, 7) is 5.49.